The number of nitrogens with zero attached hydrogens (tertiary/aromatic N) is 3. The van der Waals surface area contributed by atoms with Crippen molar-refractivity contribution in [3.63, 3.8) is 0 Å². The Morgan fingerprint density at radius 2 is 1.94 bits per heavy atom. The molecule has 1 aliphatic rings. The largest absolute Gasteiger partial charge is 0.351 e. The highest BCUT2D eigenvalue weighted by atomic mass is 32.2. The standard InChI is InChI=1S/C25H28N4OS2/c1-5-6-14-29-17(3)21(22(26-25(29)31)18-10-12-20(32-4)13-11-18)24-27-23(28-30-24)19-9-7-8-16(2)15-19/h7-13,15,22H,5-6,14H2,1-4H3,(H,26,31). The lowest BCUT2D eigenvalue weighted by Crippen LogP contribution is -2.46. The Kier molecular flexibility index (Phi) is 6.96. The quantitative estimate of drug-likeness (QED) is 0.328. The molecule has 0 bridgehead atoms. The van der Waals surface area contributed by atoms with E-state index in [9.17, 15) is 0 Å². The molecule has 0 radical (unpaired) electrons. The highest BCUT2D eigenvalue weighted by Crippen LogP contribution is 2.38. The average molecular weight is 465 g/mol. The van der Waals surface area contributed by atoms with E-state index in [1.165, 1.54) is 4.90 Å². The average Bonchev–Trinajstić information content (AvgIpc) is 3.28. The van der Waals surface area contributed by atoms with Crippen molar-refractivity contribution in [1.82, 2.24) is 20.4 Å². The van der Waals surface area contributed by atoms with Crippen molar-refractivity contribution in [2.24, 2.45) is 0 Å². The summed E-state index contributed by atoms with van der Waals surface area (Å²) in [4.78, 5) is 8.17. The maximum atomic E-state index is 5.82. The number of rotatable bonds is 7. The Morgan fingerprint density at radius 1 is 1.16 bits per heavy atom. The van der Waals surface area contributed by atoms with Gasteiger partial charge >= 0.3 is 0 Å². The molecule has 1 N–H and O–H groups in total. The van der Waals surface area contributed by atoms with Crippen molar-refractivity contribution in [3.8, 4) is 11.4 Å². The predicted molar refractivity (Wildman–Crippen MR) is 135 cm³/mol. The van der Waals surface area contributed by atoms with Crippen LogP contribution in [0.2, 0.25) is 0 Å². The third kappa shape index (κ3) is 4.59. The number of aryl methyl sites for hydroxylation is 1. The zero-order valence-corrected chi connectivity index (χ0v) is 20.5. The molecule has 0 saturated carbocycles. The number of hydrogen-bond donors (Lipinski definition) is 1. The Hall–Kier alpha value is -2.64. The highest BCUT2D eigenvalue weighted by Gasteiger charge is 2.33. The number of unbranched alkanes of at least 4 members (excludes halogenated alkanes) is 1. The monoisotopic (exact) mass is 464 g/mol. The van der Waals surface area contributed by atoms with Gasteiger partial charge in [-0.1, -0.05) is 54.4 Å². The van der Waals surface area contributed by atoms with Crippen molar-refractivity contribution in [2.45, 2.75) is 44.6 Å². The van der Waals surface area contributed by atoms with Gasteiger partial charge in [-0.25, -0.2) is 0 Å². The molecule has 1 atom stereocenters. The van der Waals surface area contributed by atoms with E-state index in [1.807, 2.05) is 12.1 Å². The minimum absolute atomic E-state index is 0.151. The second-order valence-corrected chi connectivity index (χ2v) is 9.22. The Labute approximate surface area is 199 Å². The number of allylic oxidation sites excluding steroid dienone is 1. The van der Waals surface area contributed by atoms with Crippen molar-refractivity contribution < 1.29 is 4.52 Å². The van der Waals surface area contributed by atoms with Gasteiger partial charge in [-0.3, -0.25) is 0 Å². The van der Waals surface area contributed by atoms with Crippen molar-refractivity contribution >= 4 is 34.7 Å². The maximum absolute atomic E-state index is 5.82. The van der Waals surface area contributed by atoms with Crippen LogP contribution in [-0.2, 0) is 0 Å². The van der Waals surface area contributed by atoms with Gasteiger partial charge in [-0.05, 0) is 62.5 Å². The predicted octanol–water partition coefficient (Wildman–Crippen LogP) is 6.23. The molecule has 4 rings (SSSR count). The summed E-state index contributed by atoms with van der Waals surface area (Å²) in [5.41, 5.74) is 5.25. The molecule has 1 aromatic heterocycles. The van der Waals surface area contributed by atoms with Crippen LogP contribution in [-0.4, -0.2) is 33.0 Å². The minimum atomic E-state index is -0.151. The van der Waals surface area contributed by atoms with Gasteiger partial charge in [0.15, 0.2) is 5.11 Å². The summed E-state index contributed by atoms with van der Waals surface area (Å²) in [6.45, 7) is 7.19. The van der Waals surface area contributed by atoms with Gasteiger partial charge < -0.3 is 14.7 Å². The Balaban J connectivity index is 1.79. The van der Waals surface area contributed by atoms with Crippen LogP contribution in [0.5, 0.6) is 0 Å². The third-order valence-corrected chi connectivity index (χ3v) is 6.80. The summed E-state index contributed by atoms with van der Waals surface area (Å²) >= 11 is 7.48. The molecular formula is C25H28N4OS2. The Morgan fingerprint density at radius 3 is 2.62 bits per heavy atom. The van der Waals surface area contributed by atoms with Crippen LogP contribution in [0.4, 0.5) is 0 Å². The fraction of sp³-hybridized carbons (Fsp3) is 0.320. The summed E-state index contributed by atoms with van der Waals surface area (Å²) in [6.07, 6.45) is 4.23. The van der Waals surface area contributed by atoms with Crippen LogP contribution < -0.4 is 5.32 Å². The normalized spacial score (nSPS) is 16.4. The molecule has 2 heterocycles. The molecule has 0 aliphatic carbocycles. The van der Waals surface area contributed by atoms with E-state index in [2.05, 4.69) is 78.8 Å². The highest BCUT2D eigenvalue weighted by molar-refractivity contribution is 7.98. The topological polar surface area (TPSA) is 54.2 Å². The van der Waals surface area contributed by atoms with Crippen LogP contribution in [0.3, 0.4) is 0 Å². The van der Waals surface area contributed by atoms with Gasteiger partial charge in [0.2, 0.25) is 5.82 Å². The van der Waals surface area contributed by atoms with E-state index >= 15 is 0 Å². The van der Waals surface area contributed by atoms with Gasteiger partial charge in [-0.15, -0.1) is 11.8 Å². The first-order chi connectivity index (χ1) is 15.5. The SMILES string of the molecule is CCCCN1C(=S)NC(c2ccc(SC)cc2)C(c2nc(-c3cccc(C)c3)no2)=C1C. The van der Waals surface area contributed by atoms with Crippen molar-refractivity contribution in [2.75, 3.05) is 12.8 Å². The lowest BCUT2D eigenvalue weighted by Gasteiger charge is -2.37. The van der Waals surface area contributed by atoms with E-state index in [4.69, 9.17) is 21.7 Å². The van der Waals surface area contributed by atoms with E-state index in [-0.39, 0.29) is 6.04 Å². The first kappa shape index (κ1) is 22.6. The van der Waals surface area contributed by atoms with E-state index in [0.29, 0.717) is 11.7 Å². The third-order valence-electron chi connectivity index (χ3n) is 5.71. The van der Waals surface area contributed by atoms with Crippen LogP contribution in [0, 0.1) is 6.92 Å². The van der Waals surface area contributed by atoms with Crippen LogP contribution in [0.25, 0.3) is 17.0 Å². The number of aromatic nitrogens is 2. The fourth-order valence-electron chi connectivity index (χ4n) is 3.92. The minimum Gasteiger partial charge on any atom is -0.351 e. The summed E-state index contributed by atoms with van der Waals surface area (Å²) in [7, 11) is 0. The van der Waals surface area contributed by atoms with Crippen molar-refractivity contribution in [3.05, 3.63) is 71.2 Å². The van der Waals surface area contributed by atoms with Crippen LogP contribution in [0.15, 0.2) is 63.6 Å². The zero-order chi connectivity index (χ0) is 22.7. The molecule has 1 unspecified atom stereocenters. The molecule has 7 heteroatoms. The first-order valence-electron chi connectivity index (χ1n) is 10.9. The molecule has 1 aliphatic heterocycles. The maximum Gasteiger partial charge on any atom is 0.258 e. The molecule has 166 valence electrons. The lowest BCUT2D eigenvalue weighted by molar-refractivity contribution is 0.395. The number of benzene rings is 2. The van der Waals surface area contributed by atoms with Gasteiger partial charge in [0.25, 0.3) is 5.89 Å². The summed E-state index contributed by atoms with van der Waals surface area (Å²) in [5.74, 6) is 1.11. The van der Waals surface area contributed by atoms with Crippen LogP contribution in [0.1, 0.15) is 49.7 Å². The van der Waals surface area contributed by atoms with Crippen LogP contribution >= 0.6 is 24.0 Å². The molecule has 0 fully saturated rings. The van der Waals surface area contributed by atoms with Gasteiger partial charge in [-0.2, -0.15) is 4.98 Å². The summed E-state index contributed by atoms with van der Waals surface area (Å²) in [6, 6.07) is 16.5. The fourth-order valence-corrected chi connectivity index (χ4v) is 4.68. The summed E-state index contributed by atoms with van der Waals surface area (Å²) < 4.78 is 5.82. The molecule has 2 aromatic carbocycles. The molecule has 0 spiro atoms. The van der Waals surface area contributed by atoms with E-state index < -0.39 is 0 Å². The number of thiocarbonyl (C=S) groups is 1. The van der Waals surface area contributed by atoms with E-state index in [1.54, 1.807) is 11.8 Å². The Bertz CT molecular complexity index is 1140. The smallest absolute Gasteiger partial charge is 0.258 e. The second kappa shape index (κ2) is 9.88. The molecular weight excluding hydrogens is 436 g/mol. The number of hydrogen-bond acceptors (Lipinski definition) is 5. The lowest BCUT2D eigenvalue weighted by atomic mass is 9.94. The van der Waals surface area contributed by atoms with Gasteiger partial charge in [0, 0.05) is 22.7 Å². The first-order valence-corrected chi connectivity index (χ1v) is 12.5. The molecule has 0 saturated heterocycles. The summed E-state index contributed by atoms with van der Waals surface area (Å²) in [5, 5.41) is 8.56. The zero-order valence-electron chi connectivity index (χ0n) is 18.9. The van der Waals surface area contributed by atoms with Crippen molar-refractivity contribution in [1.29, 1.82) is 0 Å². The molecule has 3 aromatic rings. The number of nitrogens with one attached hydrogen (secondary N) is 1. The molecule has 0 amide bonds. The van der Waals surface area contributed by atoms with Gasteiger partial charge in [0.05, 0.1) is 11.6 Å². The number of thioether (sulfide) groups is 1. The second-order valence-electron chi connectivity index (χ2n) is 7.95. The van der Waals surface area contributed by atoms with E-state index in [0.717, 1.165) is 52.5 Å². The molecule has 32 heavy (non-hydrogen) atoms. The van der Waals surface area contributed by atoms with Gasteiger partial charge in [0.1, 0.15) is 0 Å². The molecule has 5 nitrogen and oxygen atoms in total.